The van der Waals surface area contributed by atoms with E-state index >= 15 is 0 Å². The van der Waals surface area contributed by atoms with Crippen LogP contribution in [0, 0.1) is 0 Å². The van der Waals surface area contributed by atoms with Crippen molar-refractivity contribution in [2.24, 2.45) is 0 Å². The smallest absolute Gasteiger partial charge is 0.337 e. The van der Waals surface area contributed by atoms with Gasteiger partial charge in [-0.15, -0.1) is 0 Å². The first-order valence-electron chi connectivity index (χ1n) is 10.3. The molecule has 0 radical (unpaired) electrons. The molecule has 31 heavy (non-hydrogen) atoms. The molecule has 6 heteroatoms. The highest BCUT2D eigenvalue weighted by Crippen LogP contribution is 2.33. The SMILES string of the molecule is COC(=O)c1cccc(N(C)C(=O)CCOc2ccc(C(C)(C)CC(C)(C)O)cc2)c1. The van der Waals surface area contributed by atoms with Gasteiger partial charge in [0.15, 0.2) is 0 Å². The second kappa shape index (κ2) is 9.96. The van der Waals surface area contributed by atoms with Gasteiger partial charge in [0.25, 0.3) is 0 Å². The average Bonchev–Trinajstić information content (AvgIpc) is 2.71. The number of hydrogen-bond acceptors (Lipinski definition) is 5. The molecule has 0 bridgehead atoms. The van der Waals surface area contributed by atoms with Gasteiger partial charge in [-0.2, -0.15) is 0 Å². The van der Waals surface area contributed by atoms with Crippen LogP contribution in [0.2, 0.25) is 0 Å². The fourth-order valence-corrected chi connectivity index (χ4v) is 3.71. The van der Waals surface area contributed by atoms with Crippen LogP contribution in [-0.2, 0) is 14.9 Å². The van der Waals surface area contributed by atoms with Crippen molar-refractivity contribution in [2.45, 2.75) is 51.6 Å². The highest BCUT2D eigenvalue weighted by Gasteiger charge is 2.28. The summed E-state index contributed by atoms with van der Waals surface area (Å²) in [4.78, 5) is 25.7. The van der Waals surface area contributed by atoms with Crippen molar-refractivity contribution < 1.29 is 24.2 Å². The number of aliphatic hydroxyl groups is 1. The second-order valence-electron chi connectivity index (χ2n) is 8.99. The third-order valence-corrected chi connectivity index (χ3v) is 5.12. The Bertz CT molecular complexity index is 897. The monoisotopic (exact) mass is 427 g/mol. The number of hydrogen-bond donors (Lipinski definition) is 1. The van der Waals surface area contributed by atoms with Crippen molar-refractivity contribution in [2.75, 3.05) is 25.7 Å². The summed E-state index contributed by atoms with van der Waals surface area (Å²) in [5.41, 5.74) is 1.20. The molecule has 2 rings (SSSR count). The van der Waals surface area contributed by atoms with Crippen molar-refractivity contribution in [1.82, 2.24) is 0 Å². The van der Waals surface area contributed by atoms with Crippen molar-refractivity contribution >= 4 is 17.6 Å². The van der Waals surface area contributed by atoms with Gasteiger partial charge in [0.1, 0.15) is 5.75 Å². The first kappa shape index (κ1) is 24.4. The Morgan fingerprint density at radius 1 is 1.03 bits per heavy atom. The zero-order chi connectivity index (χ0) is 23.2. The normalized spacial score (nSPS) is 11.7. The predicted octanol–water partition coefficient (Wildman–Crippen LogP) is 4.34. The summed E-state index contributed by atoms with van der Waals surface area (Å²) in [6.07, 6.45) is 0.836. The van der Waals surface area contributed by atoms with E-state index in [0.717, 1.165) is 5.56 Å². The standard InChI is InChI=1S/C25H33NO5/c1-24(2,17-25(3,4)29)19-10-12-21(13-11-19)31-15-14-22(27)26(5)20-9-7-8-18(16-20)23(28)30-6/h7-13,16,29H,14-15,17H2,1-6H3. The van der Waals surface area contributed by atoms with E-state index < -0.39 is 11.6 Å². The number of anilines is 1. The maximum absolute atomic E-state index is 12.5. The van der Waals surface area contributed by atoms with E-state index in [2.05, 4.69) is 13.8 Å². The van der Waals surface area contributed by atoms with Crippen LogP contribution in [0.1, 0.15) is 56.5 Å². The molecule has 0 atom stereocenters. The van der Waals surface area contributed by atoms with Gasteiger partial charge in [-0.3, -0.25) is 4.79 Å². The molecule has 1 N–H and O–H groups in total. The van der Waals surface area contributed by atoms with Crippen LogP contribution in [0.5, 0.6) is 5.75 Å². The number of nitrogens with zero attached hydrogens (tertiary/aromatic N) is 1. The maximum atomic E-state index is 12.5. The lowest BCUT2D eigenvalue weighted by Crippen LogP contribution is -2.31. The number of ether oxygens (including phenoxy) is 2. The lowest BCUT2D eigenvalue weighted by Gasteiger charge is -2.32. The van der Waals surface area contributed by atoms with E-state index in [1.807, 2.05) is 38.1 Å². The Kier molecular flexibility index (Phi) is 7.85. The summed E-state index contributed by atoms with van der Waals surface area (Å²) >= 11 is 0. The van der Waals surface area contributed by atoms with Crippen molar-refractivity contribution in [1.29, 1.82) is 0 Å². The second-order valence-corrected chi connectivity index (χ2v) is 8.99. The third kappa shape index (κ3) is 7.10. The van der Waals surface area contributed by atoms with E-state index in [-0.39, 0.29) is 24.3 Å². The minimum Gasteiger partial charge on any atom is -0.493 e. The van der Waals surface area contributed by atoms with Gasteiger partial charge in [0, 0.05) is 12.7 Å². The fourth-order valence-electron chi connectivity index (χ4n) is 3.71. The van der Waals surface area contributed by atoms with Gasteiger partial charge >= 0.3 is 5.97 Å². The molecule has 6 nitrogen and oxygen atoms in total. The largest absolute Gasteiger partial charge is 0.493 e. The van der Waals surface area contributed by atoms with Crippen molar-refractivity contribution in [3.8, 4) is 5.75 Å². The van der Waals surface area contributed by atoms with Crippen LogP contribution in [0.3, 0.4) is 0 Å². The summed E-state index contributed by atoms with van der Waals surface area (Å²) in [5.74, 6) is 0.121. The zero-order valence-electron chi connectivity index (χ0n) is 19.3. The van der Waals surface area contributed by atoms with Crippen LogP contribution in [0.25, 0.3) is 0 Å². The number of esters is 1. The van der Waals surface area contributed by atoms with Crippen LogP contribution in [0.4, 0.5) is 5.69 Å². The number of carbonyl (C=O) groups is 2. The molecule has 168 valence electrons. The van der Waals surface area contributed by atoms with E-state index in [0.29, 0.717) is 23.4 Å². The molecule has 0 saturated carbocycles. The molecule has 0 aromatic heterocycles. The number of amides is 1. The average molecular weight is 428 g/mol. The summed E-state index contributed by atoms with van der Waals surface area (Å²) < 4.78 is 10.5. The van der Waals surface area contributed by atoms with E-state index in [1.54, 1.807) is 31.3 Å². The number of rotatable bonds is 9. The molecule has 2 aromatic rings. The van der Waals surface area contributed by atoms with Gasteiger partial charge in [-0.25, -0.2) is 4.79 Å². The predicted molar refractivity (Wildman–Crippen MR) is 122 cm³/mol. The zero-order valence-corrected chi connectivity index (χ0v) is 19.3. The van der Waals surface area contributed by atoms with E-state index in [9.17, 15) is 14.7 Å². The lowest BCUT2D eigenvalue weighted by atomic mass is 9.76. The summed E-state index contributed by atoms with van der Waals surface area (Å²) in [7, 11) is 2.99. The van der Waals surface area contributed by atoms with Gasteiger partial charge in [0.2, 0.25) is 5.91 Å². The molecule has 0 aliphatic carbocycles. The van der Waals surface area contributed by atoms with Gasteiger partial charge in [0.05, 0.1) is 31.3 Å². The number of benzene rings is 2. The Balaban J connectivity index is 1.92. The molecule has 1 amide bonds. The third-order valence-electron chi connectivity index (χ3n) is 5.12. The molecule has 2 aromatic carbocycles. The quantitative estimate of drug-likeness (QED) is 0.603. The van der Waals surface area contributed by atoms with E-state index in [4.69, 9.17) is 9.47 Å². The van der Waals surface area contributed by atoms with Gasteiger partial charge < -0.3 is 19.5 Å². The maximum Gasteiger partial charge on any atom is 0.337 e. The molecular formula is C25H33NO5. The summed E-state index contributed by atoms with van der Waals surface area (Å²) in [5, 5.41) is 10.1. The highest BCUT2D eigenvalue weighted by atomic mass is 16.5. The lowest BCUT2D eigenvalue weighted by molar-refractivity contribution is -0.118. The van der Waals surface area contributed by atoms with Crippen LogP contribution in [0.15, 0.2) is 48.5 Å². The summed E-state index contributed by atoms with van der Waals surface area (Å²) in [6, 6.07) is 14.5. The van der Waals surface area contributed by atoms with Gasteiger partial charge in [-0.05, 0) is 61.6 Å². The molecule has 0 unspecified atom stereocenters. The molecule has 0 aliphatic heterocycles. The molecule has 0 aliphatic rings. The Hall–Kier alpha value is -2.86. The van der Waals surface area contributed by atoms with E-state index in [1.165, 1.54) is 12.0 Å². The van der Waals surface area contributed by atoms with Crippen molar-refractivity contribution in [3.63, 3.8) is 0 Å². The van der Waals surface area contributed by atoms with Crippen molar-refractivity contribution in [3.05, 3.63) is 59.7 Å². The molecule has 0 fully saturated rings. The Labute approximate surface area is 184 Å². The highest BCUT2D eigenvalue weighted by molar-refractivity contribution is 5.95. The molecule has 0 spiro atoms. The first-order valence-corrected chi connectivity index (χ1v) is 10.3. The number of methoxy groups -OCH3 is 1. The minimum atomic E-state index is -0.749. The van der Waals surface area contributed by atoms with Crippen LogP contribution < -0.4 is 9.64 Å². The van der Waals surface area contributed by atoms with Crippen LogP contribution in [-0.4, -0.2) is 43.3 Å². The Morgan fingerprint density at radius 2 is 1.68 bits per heavy atom. The summed E-state index contributed by atoms with van der Waals surface area (Å²) in [6.45, 7) is 8.07. The molecule has 0 saturated heterocycles. The van der Waals surface area contributed by atoms with Crippen LogP contribution >= 0.6 is 0 Å². The minimum absolute atomic E-state index is 0.120. The van der Waals surface area contributed by atoms with Gasteiger partial charge in [-0.1, -0.05) is 32.0 Å². The first-order chi connectivity index (χ1) is 14.4. The molecule has 0 heterocycles. The Morgan fingerprint density at radius 3 is 2.26 bits per heavy atom. The fraction of sp³-hybridized carbons (Fsp3) is 0.440. The topological polar surface area (TPSA) is 76.1 Å². The molecular weight excluding hydrogens is 394 g/mol. The number of carbonyl (C=O) groups excluding carboxylic acids is 2.